The smallest absolute Gasteiger partial charge is 0.310 e. The summed E-state index contributed by atoms with van der Waals surface area (Å²) >= 11 is 0. The van der Waals surface area contributed by atoms with Crippen molar-refractivity contribution in [1.29, 1.82) is 0 Å². The number of likely N-dealkylation sites (tertiary alicyclic amines) is 1. The lowest BCUT2D eigenvalue weighted by Gasteiger charge is -2.30. The van der Waals surface area contributed by atoms with Crippen molar-refractivity contribution >= 4 is 17.6 Å². The number of piperidine rings is 1. The first-order valence-corrected chi connectivity index (χ1v) is 8.78. The predicted molar refractivity (Wildman–Crippen MR) is 95.0 cm³/mol. The van der Waals surface area contributed by atoms with E-state index >= 15 is 0 Å². The highest BCUT2D eigenvalue weighted by Crippen LogP contribution is 2.19. The van der Waals surface area contributed by atoms with Gasteiger partial charge in [-0.05, 0) is 49.9 Å². The Hall–Kier alpha value is -1.88. The molecule has 0 bridgehead atoms. The van der Waals surface area contributed by atoms with Crippen LogP contribution in [0.1, 0.15) is 45.1 Å². The molecular formula is C19H28N2O3. The number of hydrogen-bond donors (Lipinski definition) is 1. The fraction of sp³-hybridized carbons (Fsp3) is 0.579. The Labute approximate surface area is 144 Å². The molecular weight excluding hydrogens is 304 g/mol. The Kier molecular flexibility index (Phi) is 6.79. The molecule has 1 aromatic rings. The summed E-state index contributed by atoms with van der Waals surface area (Å²) in [7, 11) is 0. The van der Waals surface area contributed by atoms with Gasteiger partial charge in [-0.2, -0.15) is 0 Å². The molecule has 5 nitrogen and oxygen atoms in total. The van der Waals surface area contributed by atoms with Gasteiger partial charge in [-0.3, -0.25) is 14.5 Å². The summed E-state index contributed by atoms with van der Waals surface area (Å²) in [5, 5.41) is 2.93. The van der Waals surface area contributed by atoms with Crippen LogP contribution in [0.4, 0.5) is 5.69 Å². The maximum absolute atomic E-state index is 12.2. The minimum absolute atomic E-state index is 0.0446. The normalized spacial score (nSPS) is 18.4. The molecule has 132 valence electrons. The van der Waals surface area contributed by atoms with E-state index < -0.39 is 0 Å². The summed E-state index contributed by atoms with van der Waals surface area (Å²) in [6.45, 7) is 8.25. The molecule has 1 heterocycles. The first-order valence-electron chi connectivity index (χ1n) is 8.78. The Balaban J connectivity index is 1.84. The van der Waals surface area contributed by atoms with Gasteiger partial charge in [0.1, 0.15) is 0 Å². The molecule has 1 N–H and O–H groups in total. The first-order chi connectivity index (χ1) is 11.5. The maximum Gasteiger partial charge on any atom is 0.310 e. The van der Waals surface area contributed by atoms with Gasteiger partial charge in [0.15, 0.2) is 0 Å². The molecule has 0 radical (unpaired) electrons. The van der Waals surface area contributed by atoms with E-state index in [1.54, 1.807) is 0 Å². The Bertz CT molecular complexity index is 554. The summed E-state index contributed by atoms with van der Waals surface area (Å²) < 4.78 is 5.09. The minimum Gasteiger partial charge on any atom is -0.466 e. The van der Waals surface area contributed by atoms with Crippen LogP contribution in [0.15, 0.2) is 24.3 Å². The highest BCUT2D eigenvalue weighted by Gasteiger charge is 2.27. The van der Waals surface area contributed by atoms with E-state index in [1.807, 2.05) is 36.1 Å². The molecule has 0 aromatic heterocycles. The fourth-order valence-electron chi connectivity index (χ4n) is 3.01. The van der Waals surface area contributed by atoms with Crippen molar-refractivity contribution in [3.63, 3.8) is 0 Å². The average molecular weight is 332 g/mol. The molecule has 1 aromatic carbocycles. The number of amides is 1. The second-order valence-corrected chi connectivity index (χ2v) is 6.65. The van der Waals surface area contributed by atoms with E-state index in [0.29, 0.717) is 25.6 Å². The van der Waals surface area contributed by atoms with Crippen LogP contribution in [0, 0.1) is 5.92 Å². The molecule has 5 heteroatoms. The van der Waals surface area contributed by atoms with Crippen molar-refractivity contribution in [3.05, 3.63) is 29.8 Å². The summed E-state index contributed by atoms with van der Waals surface area (Å²) in [4.78, 5) is 26.1. The minimum atomic E-state index is -0.146. The van der Waals surface area contributed by atoms with Crippen molar-refractivity contribution in [2.75, 3.05) is 31.6 Å². The molecule has 1 fully saturated rings. The molecule has 0 spiro atoms. The molecule has 1 aliphatic heterocycles. The van der Waals surface area contributed by atoms with Crippen molar-refractivity contribution in [1.82, 2.24) is 4.90 Å². The molecule has 1 amide bonds. The fourth-order valence-corrected chi connectivity index (χ4v) is 3.01. The SMILES string of the molecule is CCOC(=O)C1CCCN(CC(=O)Nc2ccc(C(C)C)cc2)C1. The van der Waals surface area contributed by atoms with Crippen LogP contribution in [0.2, 0.25) is 0 Å². The van der Waals surface area contributed by atoms with Crippen LogP contribution in [0.25, 0.3) is 0 Å². The van der Waals surface area contributed by atoms with Gasteiger partial charge in [0.05, 0.1) is 19.1 Å². The van der Waals surface area contributed by atoms with E-state index in [2.05, 4.69) is 19.2 Å². The van der Waals surface area contributed by atoms with Gasteiger partial charge in [-0.25, -0.2) is 0 Å². The average Bonchev–Trinajstić information content (AvgIpc) is 2.55. The number of esters is 1. The number of anilines is 1. The summed E-state index contributed by atoms with van der Waals surface area (Å²) in [5.74, 6) is 0.170. The third-order valence-corrected chi connectivity index (χ3v) is 4.35. The van der Waals surface area contributed by atoms with E-state index in [9.17, 15) is 9.59 Å². The van der Waals surface area contributed by atoms with Gasteiger partial charge in [-0.15, -0.1) is 0 Å². The zero-order valence-corrected chi connectivity index (χ0v) is 14.9. The quantitative estimate of drug-likeness (QED) is 0.814. The molecule has 1 aliphatic rings. The molecule has 1 atom stereocenters. The summed E-state index contributed by atoms with van der Waals surface area (Å²) in [6, 6.07) is 7.95. The standard InChI is InChI=1S/C19H28N2O3/c1-4-24-19(23)16-6-5-11-21(12-16)13-18(22)20-17-9-7-15(8-10-17)14(2)3/h7-10,14,16H,4-6,11-13H2,1-3H3,(H,20,22). The van der Waals surface area contributed by atoms with Crippen molar-refractivity contribution in [2.24, 2.45) is 5.92 Å². The number of nitrogens with one attached hydrogen (secondary N) is 1. The largest absolute Gasteiger partial charge is 0.466 e. The van der Waals surface area contributed by atoms with Gasteiger partial charge in [-0.1, -0.05) is 26.0 Å². The van der Waals surface area contributed by atoms with Crippen molar-refractivity contribution in [3.8, 4) is 0 Å². The topological polar surface area (TPSA) is 58.6 Å². The van der Waals surface area contributed by atoms with Crippen LogP contribution >= 0.6 is 0 Å². The predicted octanol–water partition coefficient (Wildman–Crippen LogP) is 3.02. The van der Waals surface area contributed by atoms with E-state index in [1.165, 1.54) is 5.56 Å². The zero-order chi connectivity index (χ0) is 17.5. The van der Waals surface area contributed by atoms with E-state index in [-0.39, 0.29) is 17.8 Å². The molecule has 1 saturated heterocycles. The lowest BCUT2D eigenvalue weighted by molar-refractivity contribution is -0.150. The van der Waals surface area contributed by atoms with Crippen molar-refractivity contribution in [2.45, 2.75) is 39.5 Å². The van der Waals surface area contributed by atoms with Crippen LogP contribution in [-0.2, 0) is 14.3 Å². The lowest BCUT2D eigenvalue weighted by atomic mass is 9.98. The van der Waals surface area contributed by atoms with E-state index in [4.69, 9.17) is 4.74 Å². The number of carbonyl (C=O) groups is 2. The number of rotatable bonds is 6. The summed E-state index contributed by atoms with van der Waals surface area (Å²) in [5.41, 5.74) is 2.06. The Morgan fingerprint density at radius 1 is 1.29 bits per heavy atom. The number of benzene rings is 1. The number of carbonyl (C=O) groups excluding carboxylic acids is 2. The van der Waals surface area contributed by atoms with Crippen LogP contribution in [0.5, 0.6) is 0 Å². The highest BCUT2D eigenvalue weighted by atomic mass is 16.5. The Morgan fingerprint density at radius 2 is 2.00 bits per heavy atom. The van der Waals surface area contributed by atoms with Gasteiger partial charge >= 0.3 is 5.97 Å². The Morgan fingerprint density at radius 3 is 2.62 bits per heavy atom. The number of nitrogens with zero attached hydrogens (tertiary/aromatic N) is 1. The third kappa shape index (κ3) is 5.34. The number of ether oxygens (including phenoxy) is 1. The van der Waals surface area contributed by atoms with Gasteiger partial charge < -0.3 is 10.1 Å². The lowest BCUT2D eigenvalue weighted by Crippen LogP contribution is -2.43. The third-order valence-electron chi connectivity index (χ3n) is 4.35. The zero-order valence-electron chi connectivity index (χ0n) is 14.9. The molecule has 24 heavy (non-hydrogen) atoms. The second kappa shape index (κ2) is 8.83. The first kappa shape index (κ1) is 18.5. The van der Waals surface area contributed by atoms with Crippen LogP contribution in [0.3, 0.4) is 0 Å². The summed E-state index contributed by atoms with van der Waals surface area (Å²) in [6.07, 6.45) is 1.76. The van der Waals surface area contributed by atoms with Gasteiger partial charge in [0, 0.05) is 12.2 Å². The molecule has 1 unspecified atom stereocenters. The monoisotopic (exact) mass is 332 g/mol. The molecule has 0 saturated carbocycles. The van der Waals surface area contributed by atoms with Gasteiger partial charge in [0.2, 0.25) is 5.91 Å². The van der Waals surface area contributed by atoms with E-state index in [0.717, 1.165) is 25.1 Å². The van der Waals surface area contributed by atoms with Crippen LogP contribution < -0.4 is 5.32 Å². The second-order valence-electron chi connectivity index (χ2n) is 6.65. The maximum atomic E-state index is 12.2. The molecule has 2 rings (SSSR count). The molecule has 0 aliphatic carbocycles. The van der Waals surface area contributed by atoms with Crippen LogP contribution in [-0.4, -0.2) is 43.0 Å². The highest BCUT2D eigenvalue weighted by molar-refractivity contribution is 5.92. The van der Waals surface area contributed by atoms with Gasteiger partial charge in [0.25, 0.3) is 0 Å². The number of hydrogen-bond acceptors (Lipinski definition) is 4. The van der Waals surface area contributed by atoms with Crippen molar-refractivity contribution < 1.29 is 14.3 Å².